The molecule has 122 valence electrons. The van der Waals surface area contributed by atoms with E-state index < -0.39 is 0 Å². The van der Waals surface area contributed by atoms with E-state index in [1.54, 1.807) is 18.2 Å². The maximum Gasteiger partial charge on any atom is 0.238 e. The van der Waals surface area contributed by atoms with E-state index >= 15 is 0 Å². The van der Waals surface area contributed by atoms with Crippen LogP contribution in [0.4, 0.5) is 5.69 Å². The second kappa shape index (κ2) is 7.65. The fourth-order valence-electron chi connectivity index (χ4n) is 2.97. The van der Waals surface area contributed by atoms with Crippen molar-refractivity contribution < 1.29 is 9.21 Å². The number of ketones is 1. The summed E-state index contributed by atoms with van der Waals surface area (Å²) in [6, 6.07) is 13.2. The number of Topliss-reactive ketones (excluding diaryl/α,β-unsaturated/α-hetero) is 1. The number of hydrogen-bond donors (Lipinski definition) is 0. The summed E-state index contributed by atoms with van der Waals surface area (Å²) in [5.74, 6) is -0.205. The number of nitriles is 1. The van der Waals surface area contributed by atoms with Crippen molar-refractivity contribution in [1.82, 2.24) is 0 Å². The highest BCUT2D eigenvalue weighted by Gasteiger charge is 2.15. The van der Waals surface area contributed by atoms with Crippen LogP contribution in [0, 0.1) is 11.3 Å². The first-order valence-corrected chi connectivity index (χ1v) is 8.33. The van der Waals surface area contributed by atoms with E-state index in [2.05, 4.69) is 17.0 Å². The van der Waals surface area contributed by atoms with Crippen LogP contribution in [0.1, 0.15) is 41.8 Å². The minimum Gasteiger partial charge on any atom is -0.461 e. The van der Waals surface area contributed by atoms with Gasteiger partial charge >= 0.3 is 0 Å². The Morgan fingerprint density at radius 2 is 1.79 bits per heavy atom. The first-order valence-electron chi connectivity index (χ1n) is 8.33. The van der Waals surface area contributed by atoms with Crippen LogP contribution < -0.4 is 4.90 Å². The SMILES string of the molecule is N#C/C(=C\c1ccc(N2CCCCCC2)cc1)C(=O)c1ccco1. The number of benzene rings is 1. The average molecular weight is 320 g/mol. The molecular formula is C20H20N2O2. The minimum atomic E-state index is -0.390. The third kappa shape index (κ3) is 3.75. The number of furan rings is 1. The molecule has 0 atom stereocenters. The van der Waals surface area contributed by atoms with Gasteiger partial charge in [-0.15, -0.1) is 0 Å². The van der Waals surface area contributed by atoms with Crippen LogP contribution in [0.2, 0.25) is 0 Å². The number of carbonyl (C=O) groups excluding carboxylic acids is 1. The zero-order valence-corrected chi connectivity index (χ0v) is 13.6. The number of rotatable bonds is 4. The maximum absolute atomic E-state index is 12.2. The first-order chi connectivity index (χ1) is 11.8. The lowest BCUT2D eigenvalue weighted by Gasteiger charge is -2.22. The Balaban J connectivity index is 1.77. The summed E-state index contributed by atoms with van der Waals surface area (Å²) in [6.07, 6.45) is 8.11. The molecule has 0 N–H and O–H groups in total. The third-order valence-electron chi connectivity index (χ3n) is 4.29. The summed E-state index contributed by atoms with van der Waals surface area (Å²) < 4.78 is 5.08. The Hall–Kier alpha value is -2.80. The molecule has 3 rings (SSSR count). The van der Waals surface area contributed by atoms with Crippen LogP contribution in [0.5, 0.6) is 0 Å². The van der Waals surface area contributed by atoms with Gasteiger partial charge in [-0.25, -0.2) is 0 Å². The second-order valence-electron chi connectivity index (χ2n) is 5.97. The molecule has 24 heavy (non-hydrogen) atoms. The Bertz CT molecular complexity index is 744. The number of allylic oxidation sites excluding steroid dienone is 1. The van der Waals surface area contributed by atoms with Gasteiger partial charge in [0.15, 0.2) is 5.76 Å². The molecule has 1 aromatic heterocycles. The lowest BCUT2D eigenvalue weighted by molar-refractivity contribution is 0.101. The topological polar surface area (TPSA) is 57.2 Å². The van der Waals surface area contributed by atoms with Gasteiger partial charge in [0.2, 0.25) is 5.78 Å². The number of nitrogens with zero attached hydrogens (tertiary/aromatic N) is 2. The predicted molar refractivity (Wildman–Crippen MR) is 93.8 cm³/mol. The van der Waals surface area contributed by atoms with Gasteiger partial charge in [0.25, 0.3) is 0 Å². The van der Waals surface area contributed by atoms with E-state index in [4.69, 9.17) is 4.42 Å². The summed E-state index contributed by atoms with van der Waals surface area (Å²) in [5.41, 5.74) is 2.11. The van der Waals surface area contributed by atoms with Crippen LogP contribution >= 0.6 is 0 Å². The van der Waals surface area contributed by atoms with Gasteiger partial charge in [-0.1, -0.05) is 25.0 Å². The van der Waals surface area contributed by atoms with E-state index in [-0.39, 0.29) is 17.1 Å². The van der Waals surface area contributed by atoms with Gasteiger partial charge in [-0.2, -0.15) is 5.26 Å². The Kier molecular flexibility index (Phi) is 5.12. The molecule has 4 heteroatoms. The lowest BCUT2D eigenvalue weighted by atomic mass is 10.1. The van der Waals surface area contributed by atoms with Crippen LogP contribution in [-0.2, 0) is 0 Å². The van der Waals surface area contributed by atoms with Crippen molar-refractivity contribution in [2.24, 2.45) is 0 Å². The molecule has 2 aromatic rings. The third-order valence-corrected chi connectivity index (χ3v) is 4.29. The summed E-state index contributed by atoms with van der Waals surface area (Å²) >= 11 is 0. The zero-order valence-electron chi connectivity index (χ0n) is 13.6. The van der Waals surface area contributed by atoms with Gasteiger partial charge in [0, 0.05) is 18.8 Å². The van der Waals surface area contributed by atoms with Crippen LogP contribution in [0.15, 0.2) is 52.7 Å². The van der Waals surface area contributed by atoms with Crippen molar-refractivity contribution in [3.63, 3.8) is 0 Å². The van der Waals surface area contributed by atoms with E-state index in [1.807, 2.05) is 18.2 Å². The Morgan fingerprint density at radius 3 is 2.38 bits per heavy atom. The molecule has 0 amide bonds. The molecule has 1 aliphatic rings. The molecule has 1 aliphatic heterocycles. The van der Waals surface area contributed by atoms with Crippen molar-refractivity contribution >= 4 is 17.5 Å². The molecule has 1 fully saturated rings. The Morgan fingerprint density at radius 1 is 1.08 bits per heavy atom. The highest BCUT2D eigenvalue weighted by molar-refractivity contribution is 6.12. The second-order valence-corrected chi connectivity index (χ2v) is 5.97. The fourth-order valence-corrected chi connectivity index (χ4v) is 2.97. The van der Waals surface area contributed by atoms with Crippen molar-refractivity contribution in [1.29, 1.82) is 5.26 Å². The van der Waals surface area contributed by atoms with Crippen LogP contribution in [-0.4, -0.2) is 18.9 Å². The number of anilines is 1. The maximum atomic E-state index is 12.2. The minimum absolute atomic E-state index is 0.0764. The highest BCUT2D eigenvalue weighted by atomic mass is 16.3. The molecule has 0 radical (unpaired) electrons. The lowest BCUT2D eigenvalue weighted by Crippen LogP contribution is -2.23. The quantitative estimate of drug-likeness (QED) is 0.474. The van der Waals surface area contributed by atoms with Gasteiger partial charge in [-0.3, -0.25) is 4.79 Å². The van der Waals surface area contributed by atoms with Gasteiger partial charge in [0.05, 0.1) is 6.26 Å². The van der Waals surface area contributed by atoms with Crippen molar-refractivity contribution in [2.75, 3.05) is 18.0 Å². The van der Waals surface area contributed by atoms with E-state index in [9.17, 15) is 10.1 Å². The standard InChI is InChI=1S/C20H20N2O2/c21-15-17(20(23)19-6-5-13-24-19)14-16-7-9-18(10-8-16)22-11-3-1-2-4-12-22/h5-10,13-14H,1-4,11-12H2/b17-14+. The summed E-state index contributed by atoms with van der Waals surface area (Å²) in [4.78, 5) is 14.6. The molecule has 1 aromatic carbocycles. The van der Waals surface area contributed by atoms with E-state index in [1.165, 1.54) is 37.6 Å². The molecule has 0 aliphatic carbocycles. The van der Waals surface area contributed by atoms with Crippen molar-refractivity contribution in [2.45, 2.75) is 25.7 Å². The Labute approximate surface area is 142 Å². The largest absolute Gasteiger partial charge is 0.461 e. The molecule has 0 bridgehead atoms. The number of hydrogen-bond acceptors (Lipinski definition) is 4. The van der Waals surface area contributed by atoms with Crippen LogP contribution in [0.3, 0.4) is 0 Å². The summed E-state index contributed by atoms with van der Waals surface area (Å²) in [5, 5.41) is 9.26. The normalized spacial score (nSPS) is 15.6. The van der Waals surface area contributed by atoms with Gasteiger partial charge in [-0.05, 0) is 48.7 Å². The van der Waals surface area contributed by atoms with E-state index in [0.29, 0.717) is 0 Å². The molecular weight excluding hydrogens is 300 g/mol. The molecule has 0 saturated carbocycles. The zero-order chi connectivity index (χ0) is 16.8. The van der Waals surface area contributed by atoms with Gasteiger partial charge in [0.1, 0.15) is 11.6 Å². The molecule has 2 heterocycles. The number of carbonyl (C=O) groups is 1. The first kappa shape index (κ1) is 16.1. The van der Waals surface area contributed by atoms with Crippen molar-refractivity contribution in [3.8, 4) is 6.07 Å². The molecule has 0 spiro atoms. The summed E-state index contributed by atoms with van der Waals surface area (Å²) in [6.45, 7) is 2.19. The van der Waals surface area contributed by atoms with Crippen LogP contribution in [0.25, 0.3) is 6.08 Å². The smallest absolute Gasteiger partial charge is 0.238 e. The van der Waals surface area contributed by atoms with Gasteiger partial charge < -0.3 is 9.32 Å². The average Bonchev–Trinajstić information content (AvgIpc) is 3.02. The van der Waals surface area contributed by atoms with Crippen molar-refractivity contribution in [3.05, 3.63) is 59.6 Å². The van der Waals surface area contributed by atoms with E-state index in [0.717, 1.165) is 18.7 Å². The molecule has 1 saturated heterocycles. The highest BCUT2D eigenvalue weighted by Crippen LogP contribution is 2.21. The predicted octanol–water partition coefficient (Wildman–Crippen LogP) is 4.45. The summed E-state index contributed by atoms with van der Waals surface area (Å²) in [7, 11) is 0. The molecule has 4 nitrogen and oxygen atoms in total. The monoisotopic (exact) mass is 320 g/mol. The fraction of sp³-hybridized carbons (Fsp3) is 0.300. The molecule has 0 unspecified atom stereocenters.